The molecule has 5 heteroatoms. The molecule has 1 saturated heterocycles. The zero-order valence-corrected chi connectivity index (χ0v) is 14.6. The van der Waals surface area contributed by atoms with Gasteiger partial charge in [0, 0.05) is 24.7 Å². The van der Waals surface area contributed by atoms with Crippen LogP contribution >= 0.6 is 0 Å². The van der Waals surface area contributed by atoms with Crippen LogP contribution in [0.3, 0.4) is 0 Å². The lowest BCUT2D eigenvalue weighted by atomic mass is 9.96. The summed E-state index contributed by atoms with van der Waals surface area (Å²) >= 11 is 0. The molecule has 2 aliphatic rings. The van der Waals surface area contributed by atoms with E-state index >= 15 is 0 Å². The highest BCUT2D eigenvalue weighted by atomic mass is 16.2. The summed E-state index contributed by atoms with van der Waals surface area (Å²) in [5.74, 6) is 0.0706. The average molecular weight is 329 g/mol. The molecule has 3 amide bonds. The van der Waals surface area contributed by atoms with E-state index in [1.54, 1.807) is 4.90 Å². The molecule has 1 aliphatic heterocycles. The molecule has 0 spiro atoms. The summed E-state index contributed by atoms with van der Waals surface area (Å²) in [5, 5.41) is 6.02. The van der Waals surface area contributed by atoms with Crippen LogP contribution in [0.5, 0.6) is 0 Å². The van der Waals surface area contributed by atoms with Crippen molar-refractivity contribution in [2.45, 2.75) is 64.5 Å². The van der Waals surface area contributed by atoms with Gasteiger partial charge in [-0.15, -0.1) is 0 Å². The Morgan fingerprint density at radius 3 is 2.46 bits per heavy atom. The first-order valence-electron chi connectivity index (χ1n) is 8.97. The van der Waals surface area contributed by atoms with Gasteiger partial charge in [0.05, 0.1) is 6.04 Å². The number of nitrogens with zero attached hydrogens (tertiary/aromatic N) is 1. The van der Waals surface area contributed by atoms with Crippen molar-refractivity contribution in [3.05, 3.63) is 29.3 Å². The third kappa shape index (κ3) is 3.89. The van der Waals surface area contributed by atoms with Crippen molar-refractivity contribution in [2.24, 2.45) is 0 Å². The molecule has 0 unspecified atom stereocenters. The molecule has 1 saturated carbocycles. The Kier molecular flexibility index (Phi) is 5.07. The van der Waals surface area contributed by atoms with Crippen LogP contribution in [0.1, 0.15) is 49.7 Å². The first-order chi connectivity index (χ1) is 11.5. The zero-order valence-electron chi connectivity index (χ0n) is 14.6. The molecule has 1 aromatic rings. The fourth-order valence-corrected chi connectivity index (χ4v) is 3.61. The quantitative estimate of drug-likeness (QED) is 0.895. The summed E-state index contributed by atoms with van der Waals surface area (Å²) in [6, 6.07) is 6.08. The van der Waals surface area contributed by atoms with Gasteiger partial charge in [-0.05, 0) is 49.9 Å². The van der Waals surface area contributed by atoms with Gasteiger partial charge in [0.2, 0.25) is 5.91 Å². The van der Waals surface area contributed by atoms with Crippen LogP contribution in [0.4, 0.5) is 10.5 Å². The van der Waals surface area contributed by atoms with E-state index in [2.05, 4.69) is 17.6 Å². The van der Waals surface area contributed by atoms with E-state index in [-0.39, 0.29) is 24.0 Å². The van der Waals surface area contributed by atoms with Crippen molar-refractivity contribution < 1.29 is 9.59 Å². The summed E-state index contributed by atoms with van der Waals surface area (Å²) in [4.78, 5) is 26.2. The number of hydrogen-bond donors (Lipinski definition) is 2. The smallest absolute Gasteiger partial charge is 0.315 e. The molecule has 130 valence electrons. The van der Waals surface area contributed by atoms with Gasteiger partial charge >= 0.3 is 6.03 Å². The topological polar surface area (TPSA) is 61.4 Å². The second-order valence-corrected chi connectivity index (χ2v) is 7.13. The summed E-state index contributed by atoms with van der Waals surface area (Å²) in [6.45, 7) is 4.65. The number of hydrogen-bond acceptors (Lipinski definition) is 2. The summed E-state index contributed by atoms with van der Waals surface area (Å²) in [5.41, 5.74) is 3.30. The number of amides is 3. The number of aryl methyl sites for hydroxylation is 2. The number of nitrogens with one attached hydrogen (secondary N) is 2. The van der Waals surface area contributed by atoms with E-state index in [1.807, 2.05) is 25.1 Å². The second-order valence-electron chi connectivity index (χ2n) is 7.13. The molecule has 2 fully saturated rings. The van der Waals surface area contributed by atoms with Crippen LogP contribution in [0.15, 0.2) is 18.2 Å². The molecular weight excluding hydrogens is 302 g/mol. The maximum Gasteiger partial charge on any atom is 0.315 e. The second kappa shape index (κ2) is 7.24. The van der Waals surface area contributed by atoms with Gasteiger partial charge in [-0.3, -0.25) is 4.79 Å². The molecule has 5 nitrogen and oxygen atoms in total. The molecular formula is C19H27N3O2. The van der Waals surface area contributed by atoms with E-state index in [4.69, 9.17) is 0 Å². The van der Waals surface area contributed by atoms with Crippen molar-refractivity contribution in [2.75, 3.05) is 11.4 Å². The standard InChI is InChI=1S/C19H27N3O2/c1-13-8-9-17(10-14(13)2)22-12-16(11-18(22)23)21-19(24)20-15-6-4-3-5-7-15/h8-10,15-16H,3-7,11-12H2,1-2H3,(H2,20,21,24)/t16-/m0/s1. The zero-order chi connectivity index (χ0) is 17.1. The van der Waals surface area contributed by atoms with Gasteiger partial charge in [0.1, 0.15) is 0 Å². The molecule has 1 atom stereocenters. The number of urea groups is 1. The maximum atomic E-state index is 12.3. The van der Waals surface area contributed by atoms with Crippen molar-refractivity contribution >= 4 is 17.6 Å². The van der Waals surface area contributed by atoms with Crippen molar-refractivity contribution in [3.8, 4) is 0 Å². The predicted molar refractivity (Wildman–Crippen MR) is 95.2 cm³/mol. The number of benzene rings is 1. The first kappa shape index (κ1) is 16.8. The van der Waals surface area contributed by atoms with Crippen LogP contribution in [-0.2, 0) is 4.79 Å². The highest BCUT2D eigenvalue weighted by molar-refractivity contribution is 5.96. The van der Waals surface area contributed by atoms with E-state index in [9.17, 15) is 9.59 Å². The Labute approximate surface area is 143 Å². The van der Waals surface area contributed by atoms with Gasteiger partial charge in [-0.2, -0.15) is 0 Å². The molecule has 1 heterocycles. The van der Waals surface area contributed by atoms with Gasteiger partial charge in [0.25, 0.3) is 0 Å². The third-order valence-electron chi connectivity index (χ3n) is 5.20. The molecule has 1 aliphatic carbocycles. The van der Waals surface area contributed by atoms with E-state index in [0.717, 1.165) is 18.5 Å². The minimum absolute atomic E-state index is 0.0706. The minimum atomic E-state index is -0.137. The van der Waals surface area contributed by atoms with Crippen LogP contribution < -0.4 is 15.5 Å². The normalized spacial score (nSPS) is 21.8. The molecule has 24 heavy (non-hydrogen) atoms. The Morgan fingerprint density at radius 2 is 1.75 bits per heavy atom. The Bertz CT molecular complexity index is 623. The fraction of sp³-hybridized carbons (Fsp3) is 0.579. The van der Waals surface area contributed by atoms with E-state index in [1.165, 1.54) is 30.4 Å². The van der Waals surface area contributed by atoms with Crippen LogP contribution in [0, 0.1) is 13.8 Å². The first-order valence-corrected chi connectivity index (χ1v) is 8.97. The van der Waals surface area contributed by atoms with Crippen LogP contribution in [0.25, 0.3) is 0 Å². The summed E-state index contributed by atoms with van der Waals surface area (Å²) in [6.07, 6.45) is 6.13. The van der Waals surface area contributed by atoms with E-state index in [0.29, 0.717) is 13.0 Å². The minimum Gasteiger partial charge on any atom is -0.335 e. The van der Waals surface area contributed by atoms with Crippen molar-refractivity contribution in [1.82, 2.24) is 10.6 Å². The van der Waals surface area contributed by atoms with Crippen LogP contribution in [-0.4, -0.2) is 30.6 Å². The SMILES string of the molecule is Cc1ccc(N2C[C@@H](NC(=O)NC3CCCCC3)CC2=O)cc1C. The Hall–Kier alpha value is -2.04. The van der Waals surface area contributed by atoms with Gasteiger partial charge in [0.15, 0.2) is 0 Å². The monoisotopic (exact) mass is 329 g/mol. The lowest BCUT2D eigenvalue weighted by molar-refractivity contribution is -0.117. The van der Waals surface area contributed by atoms with E-state index < -0.39 is 0 Å². The highest BCUT2D eigenvalue weighted by Crippen LogP contribution is 2.24. The fourth-order valence-electron chi connectivity index (χ4n) is 3.61. The highest BCUT2D eigenvalue weighted by Gasteiger charge is 2.32. The van der Waals surface area contributed by atoms with Gasteiger partial charge in [-0.25, -0.2) is 4.79 Å². The van der Waals surface area contributed by atoms with Gasteiger partial charge < -0.3 is 15.5 Å². The van der Waals surface area contributed by atoms with Gasteiger partial charge in [-0.1, -0.05) is 25.3 Å². The third-order valence-corrected chi connectivity index (χ3v) is 5.20. The van der Waals surface area contributed by atoms with Crippen molar-refractivity contribution in [1.29, 1.82) is 0 Å². The molecule has 3 rings (SSSR count). The lowest BCUT2D eigenvalue weighted by Gasteiger charge is -2.24. The van der Waals surface area contributed by atoms with Crippen molar-refractivity contribution in [3.63, 3.8) is 0 Å². The Balaban J connectivity index is 1.56. The molecule has 0 radical (unpaired) electrons. The number of anilines is 1. The molecule has 0 aromatic heterocycles. The van der Waals surface area contributed by atoms with Crippen LogP contribution in [0.2, 0.25) is 0 Å². The number of carbonyl (C=O) groups is 2. The molecule has 1 aromatic carbocycles. The summed E-state index contributed by atoms with van der Waals surface area (Å²) < 4.78 is 0. The summed E-state index contributed by atoms with van der Waals surface area (Å²) in [7, 11) is 0. The molecule has 0 bridgehead atoms. The maximum absolute atomic E-state index is 12.3. The lowest BCUT2D eigenvalue weighted by Crippen LogP contribution is -2.47. The largest absolute Gasteiger partial charge is 0.335 e. The Morgan fingerprint density at radius 1 is 1.04 bits per heavy atom. The number of rotatable bonds is 3. The average Bonchev–Trinajstić information content (AvgIpc) is 2.91. The predicted octanol–water partition coefficient (Wildman–Crippen LogP) is 3.04. The molecule has 2 N–H and O–H groups in total. The number of carbonyl (C=O) groups excluding carboxylic acids is 2.